The smallest absolute Gasteiger partial charge is 0.335 e. The van der Waals surface area contributed by atoms with Crippen molar-refractivity contribution >= 4 is 17.0 Å². The first kappa shape index (κ1) is 13.6. The first-order chi connectivity index (χ1) is 8.78. The second-order valence-corrected chi connectivity index (χ2v) is 6.13. The van der Waals surface area contributed by atoms with Crippen LogP contribution in [0.25, 0.3) is 11.0 Å². The number of carboxylic acid groups (broad SMARTS) is 1. The van der Waals surface area contributed by atoms with Crippen molar-refractivity contribution in [3.05, 3.63) is 29.6 Å². The molecule has 4 nitrogen and oxygen atoms in total. The number of nitrogens with zero attached hydrogens (tertiary/aromatic N) is 2. The molecule has 1 aromatic heterocycles. The summed E-state index contributed by atoms with van der Waals surface area (Å²) >= 11 is 0. The molecule has 1 heterocycles. The zero-order valence-corrected chi connectivity index (χ0v) is 11.9. The third kappa shape index (κ3) is 2.95. The Bertz CT molecular complexity index is 621. The first-order valence-corrected chi connectivity index (χ1v) is 6.48. The van der Waals surface area contributed by atoms with Crippen LogP contribution in [0.5, 0.6) is 0 Å². The Hall–Kier alpha value is -1.84. The molecule has 0 unspecified atom stereocenters. The molecule has 0 amide bonds. The van der Waals surface area contributed by atoms with Gasteiger partial charge in [-0.2, -0.15) is 0 Å². The van der Waals surface area contributed by atoms with Crippen molar-refractivity contribution in [2.45, 2.75) is 40.7 Å². The molecule has 0 saturated carbocycles. The van der Waals surface area contributed by atoms with Gasteiger partial charge in [0.2, 0.25) is 0 Å². The highest BCUT2D eigenvalue weighted by molar-refractivity contribution is 5.92. The van der Waals surface area contributed by atoms with Crippen LogP contribution in [0.1, 0.15) is 43.4 Å². The molecule has 0 aliphatic rings. The lowest BCUT2D eigenvalue weighted by atomic mass is 9.92. The molecule has 0 fully saturated rings. The highest BCUT2D eigenvalue weighted by atomic mass is 16.4. The Morgan fingerprint density at radius 2 is 2.05 bits per heavy atom. The monoisotopic (exact) mass is 260 g/mol. The Morgan fingerprint density at radius 1 is 1.37 bits per heavy atom. The van der Waals surface area contributed by atoms with Gasteiger partial charge < -0.3 is 9.67 Å². The standard InChI is InChI=1S/C15H20N2O2/c1-10-16-12-9-11(14(18)19)5-6-13(12)17(10)8-7-15(2,3)4/h5-6,9H,7-8H2,1-4H3,(H,18,19). The van der Waals surface area contributed by atoms with E-state index in [1.54, 1.807) is 12.1 Å². The summed E-state index contributed by atoms with van der Waals surface area (Å²) in [5.41, 5.74) is 2.32. The van der Waals surface area contributed by atoms with Crippen molar-refractivity contribution in [2.75, 3.05) is 0 Å². The molecule has 19 heavy (non-hydrogen) atoms. The highest BCUT2D eigenvalue weighted by Crippen LogP contribution is 2.23. The quantitative estimate of drug-likeness (QED) is 0.919. The summed E-state index contributed by atoms with van der Waals surface area (Å²) in [4.78, 5) is 15.4. The van der Waals surface area contributed by atoms with Gasteiger partial charge in [-0.05, 0) is 37.0 Å². The number of carbonyl (C=O) groups is 1. The van der Waals surface area contributed by atoms with Crippen LogP contribution in [0.4, 0.5) is 0 Å². The minimum Gasteiger partial charge on any atom is -0.478 e. The maximum Gasteiger partial charge on any atom is 0.335 e. The van der Waals surface area contributed by atoms with E-state index in [2.05, 4.69) is 30.3 Å². The Balaban J connectivity index is 2.39. The molecule has 0 aliphatic heterocycles. The van der Waals surface area contributed by atoms with Gasteiger partial charge in [-0.25, -0.2) is 9.78 Å². The van der Waals surface area contributed by atoms with Crippen molar-refractivity contribution in [1.29, 1.82) is 0 Å². The summed E-state index contributed by atoms with van der Waals surface area (Å²) in [6.45, 7) is 9.50. The fourth-order valence-electron chi connectivity index (χ4n) is 2.11. The van der Waals surface area contributed by atoms with E-state index >= 15 is 0 Å². The van der Waals surface area contributed by atoms with Crippen LogP contribution >= 0.6 is 0 Å². The number of aromatic carboxylic acids is 1. The first-order valence-electron chi connectivity index (χ1n) is 6.48. The third-order valence-corrected chi connectivity index (χ3v) is 3.27. The van der Waals surface area contributed by atoms with Crippen LogP contribution in [-0.4, -0.2) is 20.6 Å². The predicted octanol–water partition coefficient (Wildman–Crippen LogP) is 3.48. The van der Waals surface area contributed by atoms with Gasteiger partial charge in [0.05, 0.1) is 16.6 Å². The van der Waals surface area contributed by atoms with Gasteiger partial charge >= 0.3 is 5.97 Å². The Labute approximate surface area is 113 Å². The van der Waals surface area contributed by atoms with E-state index in [1.165, 1.54) is 0 Å². The molecule has 4 heteroatoms. The summed E-state index contributed by atoms with van der Waals surface area (Å²) in [7, 11) is 0. The van der Waals surface area contributed by atoms with Gasteiger partial charge in [0.15, 0.2) is 0 Å². The van der Waals surface area contributed by atoms with Gasteiger partial charge in [0, 0.05) is 6.54 Å². The molecular weight excluding hydrogens is 240 g/mol. The van der Waals surface area contributed by atoms with E-state index < -0.39 is 5.97 Å². The molecule has 0 radical (unpaired) electrons. The van der Waals surface area contributed by atoms with Crippen molar-refractivity contribution < 1.29 is 9.90 Å². The number of fused-ring (bicyclic) bond motifs is 1. The molecule has 1 N–H and O–H groups in total. The third-order valence-electron chi connectivity index (χ3n) is 3.27. The van der Waals surface area contributed by atoms with Crippen molar-refractivity contribution in [3.8, 4) is 0 Å². The normalized spacial score (nSPS) is 12.0. The van der Waals surface area contributed by atoms with E-state index in [0.29, 0.717) is 0 Å². The second kappa shape index (κ2) is 4.68. The fraction of sp³-hybridized carbons (Fsp3) is 0.467. The number of hydrogen-bond donors (Lipinski definition) is 1. The Kier molecular flexibility index (Phi) is 3.35. The van der Waals surface area contributed by atoms with Gasteiger partial charge in [-0.15, -0.1) is 0 Å². The van der Waals surface area contributed by atoms with Gasteiger partial charge in [0.25, 0.3) is 0 Å². The van der Waals surface area contributed by atoms with Crippen molar-refractivity contribution in [3.63, 3.8) is 0 Å². The number of benzene rings is 1. The minimum atomic E-state index is -0.913. The maximum absolute atomic E-state index is 11.0. The number of hydrogen-bond acceptors (Lipinski definition) is 2. The average molecular weight is 260 g/mol. The number of aromatic nitrogens is 2. The molecule has 0 saturated heterocycles. The second-order valence-electron chi connectivity index (χ2n) is 6.13. The lowest BCUT2D eigenvalue weighted by Crippen LogP contribution is -2.11. The number of rotatable bonds is 3. The summed E-state index contributed by atoms with van der Waals surface area (Å²) in [6, 6.07) is 5.12. The fourth-order valence-corrected chi connectivity index (χ4v) is 2.11. The van der Waals surface area contributed by atoms with Gasteiger partial charge in [0.1, 0.15) is 5.82 Å². The molecule has 0 bridgehead atoms. The van der Waals surface area contributed by atoms with E-state index in [4.69, 9.17) is 5.11 Å². The summed E-state index contributed by atoms with van der Waals surface area (Å²) in [5.74, 6) is 0.0191. The lowest BCUT2D eigenvalue weighted by Gasteiger charge is -2.19. The molecule has 102 valence electrons. The zero-order valence-electron chi connectivity index (χ0n) is 11.9. The average Bonchev–Trinajstić information content (AvgIpc) is 2.59. The molecular formula is C15H20N2O2. The van der Waals surface area contributed by atoms with Crippen LogP contribution < -0.4 is 0 Å². The number of carboxylic acids is 1. The van der Waals surface area contributed by atoms with Crippen LogP contribution in [0.2, 0.25) is 0 Å². The largest absolute Gasteiger partial charge is 0.478 e. The van der Waals surface area contributed by atoms with Crippen LogP contribution in [0.15, 0.2) is 18.2 Å². The molecule has 1 aromatic carbocycles. The van der Waals surface area contributed by atoms with E-state index in [9.17, 15) is 4.79 Å². The van der Waals surface area contributed by atoms with Gasteiger partial charge in [-0.3, -0.25) is 0 Å². The zero-order chi connectivity index (χ0) is 14.2. The Morgan fingerprint density at radius 3 is 2.63 bits per heavy atom. The van der Waals surface area contributed by atoms with Gasteiger partial charge in [-0.1, -0.05) is 20.8 Å². The number of imidazole rings is 1. The van der Waals surface area contributed by atoms with Crippen LogP contribution in [0, 0.1) is 12.3 Å². The predicted molar refractivity (Wildman–Crippen MR) is 75.5 cm³/mol. The highest BCUT2D eigenvalue weighted by Gasteiger charge is 2.14. The topological polar surface area (TPSA) is 55.1 Å². The summed E-state index contributed by atoms with van der Waals surface area (Å²) in [6.07, 6.45) is 1.06. The minimum absolute atomic E-state index is 0.268. The molecule has 0 spiro atoms. The summed E-state index contributed by atoms with van der Waals surface area (Å²) in [5, 5.41) is 9.00. The number of aryl methyl sites for hydroxylation is 2. The van der Waals surface area contributed by atoms with Crippen molar-refractivity contribution in [2.24, 2.45) is 5.41 Å². The molecule has 2 rings (SSSR count). The van der Waals surface area contributed by atoms with Crippen LogP contribution in [0.3, 0.4) is 0 Å². The van der Waals surface area contributed by atoms with E-state index in [-0.39, 0.29) is 11.0 Å². The van der Waals surface area contributed by atoms with E-state index in [1.807, 2.05) is 13.0 Å². The molecule has 2 aromatic rings. The van der Waals surface area contributed by atoms with E-state index in [0.717, 1.165) is 29.8 Å². The SMILES string of the molecule is Cc1nc2cc(C(=O)O)ccc2n1CCC(C)(C)C. The molecule has 0 aliphatic carbocycles. The van der Waals surface area contributed by atoms with Crippen LogP contribution in [-0.2, 0) is 6.54 Å². The summed E-state index contributed by atoms with van der Waals surface area (Å²) < 4.78 is 2.16. The lowest BCUT2D eigenvalue weighted by molar-refractivity contribution is 0.0697. The van der Waals surface area contributed by atoms with Crippen molar-refractivity contribution in [1.82, 2.24) is 9.55 Å². The molecule has 0 atom stereocenters. The maximum atomic E-state index is 11.0.